The maximum absolute atomic E-state index is 12.3. The van der Waals surface area contributed by atoms with Crippen molar-refractivity contribution in [3.05, 3.63) is 23.9 Å². The molecule has 0 aromatic carbocycles. The number of carbonyl (C=O) groups is 2. The van der Waals surface area contributed by atoms with Crippen LogP contribution >= 0.6 is 0 Å². The van der Waals surface area contributed by atoms with Crippen molar-refractivity contribution in [1.82, 2.24) is 9.88 Å². The summed E-state index contributed by atoms with van der Waals surface area (Å²) in [5.74, 6) is -0.580. The third-order valence-electron chi connectivity index (χ3n) is 3.55. The van der Waals surface area contributed by atoms with Crippen molar-refractivity contribution >= 4 is 11.9 Å². The van der Waals surface area contributed by atoms with E-state index in [1.165, 1.54) is 6.20 Å². The van der Waals surface area contributed by atoms with Crippen LogP contribution in [0.1, 0.15) is 30.6 Å². The SMILES string of the molecule is CCOc1ccc(C(=O)N2CC[C@](C)(C(=O)O)C2)cn1. The number of carbonyl (C=O) groups excluding carboxylic acids is 1. The predicted molar refractivity (Wildman–Crippen MR) is 71.7 cm³/mol. The number of hydrogen-bond acceptors (Lipinski definition) is 4. The number of amides is 1. The summed E-state index contributed by atoms with van der Waals surface area (Å²) in [7, 11) is 0. The van der Waals surface area contributed by atoms with Crippen LogP contribution in [-0.4, -0.2) is 46.6 Å². The highest BCUT2D eigenvalue weighted by Crippen LogP contribution is 2.31. The van der Waals surface area contributed by atoms with Crippen molar-refractivity contribution in [2.75, 3.05) is 19.7 Å². The largest absolute Gasteiger partial charge is 0.481 e. The topological polar surface area (TPSA) is 79.7 Å². The molecule has 2 rings (SSSR count). The fourth-order valence-corrected chi connectivity index (χ4v) is 2.23. The van der Waals surface area contributed by atoms with Gasteiger partial charge in [0.25, 0.3) is 5.91 Å². The Morgan fingerprint density at radius 1 is 1.50 bits per heavy atom. The summed E-state index contributed by atoms with van der Waals surface area (Å²) in [5, 5.41) is 9.17. The van der Waals surface area contributed by atoms with Crippen molar-refractivity contribution in [2.45, 2.75) is 20.3 Å². The number of hydrogen-bond donors (Lipinski definition) is 1. The summed E-state index contributed by atoms with van der Waals surface area (Å²) < 4.78 is 5.22. The lowest BCUT2D eigenvalue weighted by atomic mass is 9.90. The van der Waals surface area contributed by atoms with Gasteiger partial charge in [-0.1, -0.05) is 0 Å². The lowest BCUT2D eigenvalue weighted by molar-refractivity contribution is -0.147. The van der Waals surface area contributed by atoms with Crippen molar-refractivity contribution in [3.8, 4) is 5.88 Å². The Balaban J connectivity index is 2.07. The van der Waals surface area contributed by atoms with Gasteiger partial charge in [0, 0.05) is 25.4 Å². The highest BCUT2D eigenvalue weighted by molar-refractivity contribution is 5.94. The summed E-state index contributed by atoms with van der Waals surface area (Å²) in [6, 6.07) is 3.29. The van der Waals surface area contributed by atoms with E-state index in [1.54, 1.807) is 24.0 Å². The monoisotopic (exact) mass is 278 g/mol. The Hall–Kier alpha value is -2.11. The molecule has 1 aromatic rings. The maximum atomic E-state index is 12.3. The van der Waals surface area contributed by atoms with Gasteiger partial charge >= 0.3 is 5.97 Å². The summed E-state index contributed by atoms with van der Waals surface area (Å²) in [5.41, 5.74) is -0.406. The molecule has 1 saturated heterocycles. The van der Waals surface area contributed by atoms with E-state index < -0.39 is 11.4 Å². The molecule has 0 saturated carbocycles. The molecule has 0 unspecified atom stereocenters. The molecule has 1 aliphatic heterocycles. The number of ether oxygens (including phenoxy) is 1. The van der Waals surface area contributed by atoms with Gasteiger partial charge in [-0.2, -0.15) is 0 Å². The molecule has 6 nitrogen and oxygen atoms in total. The Labute approximate surface area is 117 Å². The normalized spacial score (nSPS) is 21.8. The van der Waals surface area contributed by atoms with Crippen LogP contribution in [0.4, 0.5) is 0 Å². The number of rotatable bonds is 4. The lowest BCUT2D eigenvalue weighted by Crippen LogP contribution is -2.34. The van der Waals surface area contributed by atoms with E-state index in [0.717, 1.165) is 0 Å². The smallest absolute Gasteiger partial charge is 0.311 e. The Morgan fingerprint density at radius 3 is 2.75 bits per heavy atom. The molecular formula is C14H18N2O4. The number of carboxylic acids is 1. The highest BCUT2D eigenvalue weighted by atomic mass is 16.5. The van der Waals surface area contributed by atoms with Gasteiger partial charge in [0.1, 0.15) is 0 Å². The molecule has 1 amide bonds. The van der Waals surface area contributed by atoms with Crippen LogP contribution in [0, 0.1) is 5.41 Å². The molecular weight excluding hydrogens is 260 g/mol. The van der Waals surface area contributed by atoms with E-state index in [0.29, 0.717) is 31.0 Å². The second-order valence-electron chi connectivity index (χ2n) is 5.16. The van der Waals surface area contributed by atoms with E-state index in [1.807, 2.05) is 6.92 Å². The third-order valence-corrected chi connectivity index (χ3v) is 3.55. The first-order valence-corrected chi connectivity index (χ1v) is 6.58. The molecule has 1 N–H and O–H groups in total. The van der Waals surface area contributed by atoms with Gasteiger partial charge in [-0.25, -0.2) is 4.98 Å². The van der Waals surface area contributed by atoms with Crippen LogP contribution < -0.4 is 4.74 Å². The molecule has 0 bridgehead atoms. The van der Waals surface area contributed by atoms with Crippen LogP contribution in [0.15, 0.2) is 18.3 Å². The molecule has 20 heavy (non-hydrogen) atoms. The average Bonchev–Trinajstić information content (AvgIpc) is 2.83. The average molecular weight is 278 g/mol. The molecule has 0 spiro atoms. The molecule has 6 heteroatoms. The van der Waals surface area contributed by atoms with Crippen molar-refractivity contribution < 1.29 is 19.4 Å². The van der Waals surface area contributed by atoms with Gasteiger partial charge in [0.15, 0.2) is 0 Å². The van der Waals surface area contributed by atoms with Crippen LogP contribution in [0.25, 0.3) is 0 Å². The van der Waals surface area contributed by atoms with Gasteiger partial charge < -0.3 is 14.7 Å². The second-order valence-corrected chi connectivity index (χ2v) is 5.16. The van der Waals surface area contributed by atoms with Crippen LogP contribution in [-0.2, 0) is 4.79 Å². The minimum Gasteiger partial charge on any atom is -0.481 e. The highest BCUT2D eigenvalue weighted by Gasteiger charge is 2.42. The zero-order chi connectivity index (χ0) is 14.8. The molecule has 1 aliphatic rings. The first kappa shape index (κ1) is 14.3. The van der Waals surface area contributed by atoms with Crippen molar-refractivity contribution in [2.24, 2.45) is 5.41 Å². The number of pyridine rings is 1. The Kier molecular flexibility index (Phi) is 3.92. The zero-order valence-corrected chi connectivity index (χ0v) is 11.6. The minimum atomic E-state index is -0.863. The molecule has 1 atom stereocenters. The van der Waals surface area contributed by atoms with Crippen molar-refractivity contribution in [1.29, 1.82) is 0 Å². The molecule has 2 heterocycles. The number of likely N-dealkylation sites (tertiary alicyclic amines) is 1. The molecule has 108 valence electrons. The molecule has 0 radical (unpaired) electrons. The van der Waals surface area contributed by atoms with E-state index in [2.05, 4.69) is 4.98 Å². The van der Waals surface area contributed by atoms with E-state index in [-0.39, 0.29) is 12.5 Å². The fourth-order valence-electron chi connectivity index (χ4n) is 2.23. The summed E-state index contributed by atoms with van der Waals surface area (Å²) >= 11 is 0. The first-order valence-electron chi connectivity index (χ1n) is 6.58. The zero-order valence-electron chi connectivity index (χ0n) is 11.6. The van der Waals surface area contributed by atoms with Gasteiger partial charge in [0.2, 0.25) is 5.88 Å². The lowest BCUT2D eigenvalue weighted by Gasteiger charge is -2.20. The first-order chi connectivity index (χ1) is 9.46. The Bertz CT molecular complexity index is 514. The van der Waals surface area contributed by atoms with Gasteiger partial charge in [-0.15, -0.1) is 0 Å². The number of nitrogens with zero attached hydrogens (tertiary/aromatic N) is 2. The second kappa shape index (κ2) is 5.48. The van der Waals surface area contributed by atoms with E-state index in [4.69, 9.17) is 4.74 Å². The van der Waals surface area contributed by atoms with E-state index >= 15 is 0 Å². The molecule has 1 aromatic heterocycles. The third kappa shape index (κ3) is 2.74. The van der Waals surface area contributed by atoms with Crippen molar-refractivity contribution in [3.63, 3.8) is 0 Å². The van der Waals surface area contributed by atoms with Crippen LogP contribution in [0.2, 0.25) is 0 Å². The summed E-state index contributed by atoms with van der Waals surface area (Å²) in [6.07, 6.45) is 1.93. The summed E-state index contributed by atoms with van der Waals surface area (Å²) in [4.78, 5) is 29.1. The number of aromatic nitrogens is 1. The van der Waals surface area contributed by atoms with Gasteiger partial charge in [-0.05, 0) is 26.3 Å². The number of aliphatic carboxylic acids is 1. The standard InChI is InChI=1S/C14H18N2O4/c1-3-20-11-5-4-10(8-15-11)12(17)16-7-6-14(2,9-16)13(18)19/h4-5,8H,3,6-7,9H2,1-2H3,(H,18,19)/t14-/m0/s1. The molecule has 0 aliphatic carbocycles. The fraction of sp³-hybridized carbons (Fsp3) is 0.500. The van der Waals surface area contributed by atoms with Crippen LogP contribution in [0.5, 0.6) is 5.88 Å². The van der Waals surface area contributed by atoms with E-state index in [9.17, 15) is 14.7 Å². The summed E-state index contributed by atoms with van der Waals surface area (Å²) in [6.45, 7) is 4.73. The van der Waals surface area contributed by atoms with Gasteiger partial charge in [-0.3, -0.25) is 9.59 Å². The Morgan fingerprint density at radius 2 is 2.25 bits per heavy atom. The number of carboxylic acid groups (broad SMARTS) is 1. The van der Waals surface area contributed by atoms with Gasteiger partial charge in [0.05, 0.1) is 17.6 Å². The predicted octanol–water partition coefficient (Wildman–Crippen LogP) is 1.42. The maximum Gasteiger partial charge on any atom is 0.311 e. The molecule has 1 fully saturated rings. The minimum absolute atomic E-state index is 0.189. The van der Waals surface area contributed by atoms with Crippen LogP contribution in [0.3, 0.4) is 0 Å². The quantitative estimate of drug-likeness (QED) is 0.901.